The average Bonchev–Trinajstić information content (AvgIpc) is 2.78. The molecule has 0 spiro atoms. The molecular formula is C11H20N2O2S. The normalized spacial score (nSPS) is 19.9. The molecule has 92 valence electrons. The van der Waals surface area contributed by atoms with Crippen molar-refractivity contribution < 1.29 is 8.42 Å². The van der Waals surface area contributed by atoms with Crippen LogP contribution in [0.3, 0.4) is 0 Å². The molecule has 0 bridgehead atoms. The number of sulfonamides is 1. The summed E-state index contributed by atoms with van der Waals surface area (Å²) in [4.78, 5) is 0. The third kappa shape index (κ3) is 2.96. The van der Waals surface area contributed by atoms with Crippen molar-refractivity contribution in [1.29, 1.82) is 5.26 Å². The van der Waals surface area contributed by atoms with Gasteiger partial charge >= 0.3 is 0 Å². The van der Waals surface area contributed by atoms with Crippen LogP contribution in [-0.4, -0.2) is 31.1 Å². The molecule has 0 amide bonds. The summed E-state index contributed by atoms with van der Waals surface area (Å²) < 4.78 is 25.9. The summed E-state index contributed by atoms with van der Waals surface area (Å²) in [5.41, 5.74) is 0. The Bertz CT molecular complexity index is 353. The fourth-order valence-electron chi connectivity index (χ4n) is 2.16. The second-order valence-corrected chi connectivity index (χ2v) is 6.65. The minimum Gasteiger partial charge on any atom is -0.212 e. The standard InChI is InChI=1S/C11H20N2O2S/c1-3-13(9-10(2)8-12)16(14,15)11-6-4-5-7-11/h10-11H,3-7,9H2,1-2H3. The lowest BCUT2D eigenvalue weighted by Crippen LogP contribution is -2.39. The highest BCUT2D eigenvalue weighted by molar-refractivity contribution is 7.89. The number of nitrogens with zero attached hydrogens (tertiary/aromatic N) is 2. The zero-order chi connectivity index (χ0) is 12.2. The molecule has 1 atom stereocenters. The Balaban J connectivity index is 2.74. The fourth-order valence-corrected chi connectivity index (χ4v) is 4.30. The van der Waals surface area contributed by atoms with Crippen molar-refractivity contribution in [2.45, 2.75) is 44.8 Å². The molecule has 1 aliphatic rings. The quantitative estimate of drug-likeness (QED) is 0.740. The summed E-state index contributed by atoms with van der Waals surface area (Å²) in [5, 5.41) is 8.53. The Hall–Kier alpha value is -0.600. The van der Waals surface area contributed by atoms with Crippen molar-refractivity contribution >= 4 is 10.0 Å². The molecule has 0 aliphatic heterocycles. The highest BCUT2D eigenvalue weighted by atomic mass is 32.2. The first-order chi connectivity index (χ1) is 7.52. The van der Waals surface area contributed by atoms with Crippen LogP contribution in [0.5, 0.6) is 0 Å². The molecule has 5 heteroatoms. The van der Waals surface area contributed by atoms with E-state index in [1.807, 2.05) is 6.92 Å². The van der Waals surface area contributed by atoms with Crippen molar-refractivity contribution in [2.75, 3.05) is 13.1 Å². The van der Waals surface area contributed by atoms with Crippen molar-refractivity contribution in [3.05, 3.63) is 0 Å². The van der Waals surface area contributed by atoms with Crippen LogP contribution in [0.25, 0.3) is 0 Å². The molecule has 0 aromatic heterocycles. The van der Waals surface area contributed by atoms with Crippen molar-refractivity contribution in [3.8, 4) is 6.07 Å². The van der Waals surface area contributed by atoms with Crippen LogP contribution in [-0.2, 0) is 10.0 Å². The lowest BCUT2D eigenvalue weighted by atomic mass is 10.2. The Morgan fingerprint density at radius 3 is 2.44 bits per heavy atom. The molecule has 0 heterocycles. The molecule has 0 saturated heterocycles. The van der Waals surface area contributed by atoms with Gasteiger partial charge in [0, 0.05) is 13.1 Å². The monoisotopic (exact) mass is 244 g/mol. The predicted octanol–water partition coefficient (Wildman–Crippen LogP) is 1.74. The van der Waals surface area contributed by atoms with E-state index in [0.717, 1.165) is 25.7 Å². The number of hydrogen-bond donors (Lipinski definition) is 0. The summed E-state index contributed by atoms with van der Waals surface area (Å²) in [5.74, 6) is -0.240. The lowest BCUT2D eigenvalue weighted by Gasteiger charge is -2.24. The maximum Gasteiger partial charge on any atom is 0.217 e. The summed E-state index contributed by atoms with van der Waals surface area (Å²) in [7, 11) is -3.17. The van der Waals surface area contributed by atoms with Gasteiger partial charge in [0.05, 0.1) is 17.2 Å². The second-order valence-electron chi connectivity index (χ2n) is 4.43. The van der Waals surface area contributed by atoms with Gasteiger partial charge in [-0.25, -0.2) is 12.7 Å². The van der Waals surface area contributed by atoms with E-state index in [0.29, 0.717) is 13.1 Å². The van der Waals surface area contributed by atoms with Crippen molar-refractivity contribution in [1.82, 2.24) is 4.31 Å². The van der Waals surface area contributed by atoms with Gasteiger partial charge in [0.15, 0.2) is 0 Å². The van der Waals surface area contributed by atoms with E-state index in [9.17, 15) is 8.42 Å². The molecule has 0 aromatic carbocycles. The molecule has 4 nitrogen and oxygen atoms in total. The molecule has 0 N–H and O–H groups in total. The predicted molar refractivity (Wildman–Crippen MR) is 63.2 cm³/mol. The topological polar surface area (TPSA) is 61.2 Å². The molecule has 1 fully saturated rings. The van der Waals surface area contributed by atoms with Crippen molar-refractivity contribution in [2.24, 2.45) is 5.92 Å². The van der Waals surface area contributed by atoms with Gasteiger partial charge in [-0.05, 0) is 19.8 Å². The first-order valence-electron chi connectivity index (χ1n) is 5.91. The zero-order valence-corrected chi connectivity index (χ0v) is 10.8. The summed E-state index contributed by atoms with van der Waals surface area (Å²) >= 11 is 0. The highest BCUT2D eigenvalue weighted by Gasteiger charge is 2.33. The maximum absolute atomic E-state index is 12.2. The fraction of sp³-hybridized carbons (Fsp3) is 0.909. The van der Waals surface area contributed by atoms with Gasteiger partial charge in [-0.2, -0.15) is 5.26 Å². The molecule has 1 rings (SSSR count). The molecule has 1 unspecified atom stereocenters. The van der Waals surface area contributed by atoms with Crippen LogP contribution in [0.1, 0.15) is 39.5 Å². The summed E-state index contributed by atoms with van der Waals surface area (Å²) in [6, 6.07) is 2.09. The largest absolute Gasteiger partial charge is 0.217 e. The Morgan fingerprint density at radius 2 is 2.00 bits per heavy atom. The number of hydrogen-bond acceptors (Lipinski definition) is 3. The van der Waals surface area contributed by atoms with E-state index in [2.05, 4.69) is 6.07 Å². The summed E-state index contributed by atoms with van der Waals surface area (Å²) in [6.45, 7) is 4.38. The molecule has 0 radical (unpaired) electrons. The van der Waals surface area contributed by atoms with E-state index in [1.54, 1.807) is 6.92 Å². The van der Waals surface area contributed by atoms with Crippen LogP contribution in [0.4, 0.5) is 0 Å². The van der Waals surface area contributed by atoms with Crippen LogP contribution < -0.4 is 0 Å². The van der Waals surface area contributed by atoms with Crippen LogP contribution >= 0.6 is 0 Å². The number of nitriles is 1. The summed E-state index contributed by atoms with van der Waals surface area (Å²) in [6.07, 6.45) is 3.57. The van der Waals surface area contributed by atoms with Gasteiger partial charge in [0.2, 0.25) is 10.0 Å². The zero-order valence-electron chi connectivity index (χ0n) is 10.0. The Kier molecular flexibility index (Phi) is 4.75. The lowest BCUT2D eigenvalue weighted by molar-refractivity contribution is 0.393. The maximum atomic E-state index is 12.2. The molecule has 1 aliphatic carbocycles. The Morgan fingerprint density at radius 1 is 1.44 bits per heavy atom. The van der Waals surface area contributed by atoms with E-state index in [4.69, 9.17) is 5.26 Å². The number of rotatable bonds is 5. The first kappa shape index (κ1) is 13.5. The van der Waals surface area contributed by atoms with Crippen LogP contribution in [0, 0.1) is 17.2 Å². The van der Waals surface area contributed by atoms with Gasteiger partial charge in [0.25, 0.3) is 0 Å². The highest BCUT2D eigenvalue weighted by Crippen LogP contribution is 2.27. The van der Waals surface area contributed by atoms with Gasteiger partial charge in [0.1, 0.15) is 0 Å². The van der Waals surface area contributed by atoms with E-state index in [1.165, 1.54) is 4.31 Å². The smallest absolute Gasteiger partial charge is 0.212 e. The van der Waals surface area contributed by atoms with E-state index in [-0.39, 0.29) is 11.2 Å². The third-order valence-electron chi connectivity index (χ3n) is 3.13. The molecular weight excluding hydrogens is 224 g/mol. The molecule has 0 aromatic rings. The van der Waals surface area contributed by atoms with Crippen molar-refractivity contribution in [3.63, 3.8) is 0 Å². The van der Waals surface area contributed by atoms with E-state index < -0.39 is 10.0 Å². The third-order valence-corrected chi connectivity index (χ3v) is 5.57. The van der Waals surface area contributed by atoms with E-state index >= 15 is 0 Å². The SMILES string of the molecule is CCN(CC(C)C#N)S(=O)(=O)C1CCCC1. The van der Waals surface area contributed by atoms with Crippen LogP contribution in [0.2, 0.25) is 0 Å². The second kappa shape index (κ2) is 5.65. The van der Waals surface area contributed by atoms with Gasteiger partial charge in [-0.3, -0.25) is 0 Å². The van der Waals surface area contributed by atoms with Gasteiger partial charge in [-0.1, -0.05) is 19.8 Å². The average molecular weight is 244 g/mol. The van der Waals surface area contributed by atoms with Gasteiger partial charge < -0.3 is 0 Å². The molecule has 16 heavy (non-hydrogen) atoms. The Labute approximate surface area is 98.3 Å². The van der Waals surface area contributed by atoms with Crippen LogP contribution in [0.15, 0.2) is 0 Å². The minimum atomic E-state index is -3.17. The first-order valence-corrected chi connectivity index (χ1v) is 7.41. The minimum absolute atomic E-state index is 0.210. The molecule has 1 saturated carbocycles. The van der Waals surface area contributed by atoms with Gasteiger partial charge in [-0.15, -0.1) is 0 Å².